The Bertz CT molecular complexity index is 1230. The lowest BCUT2D eigenvalue weighted by atomic mass is 9.86. The summed E-state index contributed by atoms with van der Waals surface area (Å²) in [6.45, 7) is 1.97. The lowest BCUT2D eigenvalue weighted by Gasteiger charge is -2.24. The Kier molecular flexibility index (Phi) is 4.26. The first-order chi connectivity index (χ1) is 13.5. The lowest BCUT2D eigenvalue weighted by molar-refractivity contribution is -0.116. The molecule has 140 valence electrons. The summed E-state index contributed by atoms with van der Waals surface area (Å²) in [7, 11) is 0. The van der Waals surface area contributed by atoms with Gasteiger partial charge in [0.25, 0.3) is 0 Å². The summed E-state index contributed by atoms with van der Waals surface area (Å²) in [6, 6.07) is 13.6. The van der Waals surface area contributed by atoms with E-state index >= 15 is 0 Å². The molecule has 0 saturated carbocycles. The van der Waals surface area contributed by atoms with Gasteiger partial charge < -0.3 is 5.32 Å². The largest absolute Gasteiger partial charge is 0.310 e. The highest BCUT2D eigenvalue weighted by Gasteiger charge is 2.33. The second kappa shape index (κ2) is 6.69. The van der Waals surface area contributed by atoms with Crippen molar-refractivity contribution in [1.82, 2.24) is 14.8 Å². The summed E-state index contributed by atoms with van der Waals surface area (Å²) in [4.78, 5) is 17.2. The number of anilines is 1. The third-order valence-electron chi connectivity index (χ3n) is 4.90. The maximum absolute atomic E-state index is 12.5. The minimum atomic E-state index is -0.0571. The SMILES string of the molecule is Cc1nn(-c2nc3ccc(Br)cc3s2)c2c1C(c1ccc(Cl)cc1)CC(=O)N2. The van der Waals surface area contributed by atoms with Gasteiger partial charge in [-0.1, -0.05) is 51.0 Å². The third-order valence-corrected chi connectivity index (χ3v) is 6.63. The van der Waals surface area contributed by atoms with Crippen LogP contribution in [0.4, 0.5) is 5.82 Å². The molecule has 0 fully saturated rings. The van der Waals surface area contributed by atoms with Gasteiger partial charge in [-0.15, -0.1) is 0 Å². The molecule has 1 unspecified atom stereocenters. The summed E-state index contributed by atoms with van der Waals surface area (Å²) in [5, 5.41) is 9.14. The van der Waals surface area contributed by atoms with Crippen LogP contribution < -0.4 is 5.32 Å². The highest BCUT2D eigenvalue weighted by molar-refractivity contribution is 9.10. The van der Waals surface area contributed by atoms with Crippen molar-refractivity contribution in [2.75, 3.05) is 5.32 Å². The van der Waals surface area contributed by atoms with E-state index in [1.165, 1.54) is 0 Å². The molecule has 1 N–H and O–H groups in total. The Morgan fingerprint density at radius 3 is 2.82 bits per heavy atom. The predicted molar refractivity (Wildman–Crippen MR) is 116 cm³/mol. The first-order valence-electron chi connectivity index (χ1n) is 8.71. The van der Waals surface area contributed by atoms with Crippen molar-refractivity contribution < 1.29 is 4.79 Å². The zero-order chi connectivity index (χ0) is 19.4. The van der Waals surface area contributed by atoms with Crippen molar-refractivity contribution in [3.63, 3.8) is 0 Å². The van der Waals surface area contributed by atoms with E-state index in [1.54, 1.807) is 16.0 Å². The molecular formula is C20H14BrClN4OS. The first kappa shape index (κ1) is 17.8. The van der Waals surface area contributed by atoms with E-state index in [-0.39, 0.29) is 11.8 Å². The van der Waals surface area contributed by atoms with Crippen molar-refractivity contribution in [3.8, 4) is 5.13 Å². The van der Waals surface area contributed by atoms with E-state index in [9.17, 15) is 4.79 Å². The van der Waals surface area contributed by atoms with Crippen LogP contribution in [-0.2, 0) is 4.79 Å². The van der Waals surface area contributed by atoms with E-state index in [0.29, 0.717) is 17.3 Å². The number of thiazole rings is 1. The van der Waals surface area contributed by atoms with Crippen molar-refractivity contribution >= 4 is 60.8 Å². The van der Waals surface area contributed by atoms with E-state index in [0.717, 1.165) is 36.6 Å². The lowest BCUT2D eigenvalue weighted by Crippen LogP contribution is -2.24. The number of amides is 1. The molecule has 0 aliphatic carbocycles. The van der Waals surface area contributed by atoms with Gasteiger partial charge in [-0.2, -0.15) is 9.78 Å². The number of carbonyl (C=O) groups is 1. The summed E-state index contributed by atoms with van der Waals surface area (Å²) >= 11 is 11.1. The van der Waals surface area contributed by atoms with Gasteiger partial charge in [0.05, 0.1) is 15.9 Å². The number of benzene rings is 2. The molecule has 4 aromatic rings. The van der Waals surface area contributed by atoms with Gasteiger partial charge in [0.15, 0.2) is 0 Å². The minimum Gasteiger partial charge on any atom is -0.310 e. The number of nitrogens with one attached hydrogen (secondary N) is 1. The Hall–Kier alpha value is -2.22. The van der Waals surface area contributed by atoms with E-state index in [4.69, 9.17) is 21.7 Å². The van der Waals surface area contributed by atoms with E-state index in [1.807, 2.05) is 49.4 Å². The number of aryl methyl sites for hydroxylation is 1. The van der Waals surface area contributed by atoms with Gasteiger partial charge in [0, 0.05) is 27.4 Å². The van der Waals surface area contributed by atoms with Crippen LogP contribution in [0.25, 0.3) is 15.3 Å². The number of hydrogen-bond acceptors (Lipinski definition) is 4. The van der Waals surface area contributed by atoms with E-state index < -0.39 is 0 Å². The molecule has 8 heteroatoms. The summed E-state index contributed by atoms with van der Waals surface area (Å²) in [6.07, 6.45) is 0.383. The molecule has 1 aliphatic rings. The number of carbonyl (C=O) groups excluding carboxylic acids is 1. The van der Waals surface area contributed by atoms with Crippen LogP contribution in [0.3, 0.4) is 0 Å². The monoisotopic (exact) mass is 472 g/mol. The maximum atomic E-state index is 12.5. The molecule has 1 aliphatic heterocycles. The fourth-order valence-electron chi connectivity index (χ4n) is 3.64. The molecule has 5 nitrogen and oxygen atoms in total. The van der Waals surface area contributed by atoms with Gasteiger partial charge >= 0.3 is 0 Å². The number of hydrogen-bond donors (Lipinski definition) is 1. The van der Waals surface area contributed by atoms with Crippen molar-refractivity contribution in [2.45, 2.75) is 19.3 Å². The van der Waals surface area contributed by atoms with Gasteiger partial charge in [0.2, 0.25) is 11.0 Å². The van der Waals surface area contributed by atoms with Crippen molar-refractivity contribution in [1.29, 1.82) is 0 Å². The first-order valence-corrected chi connectivity index (χ1v) is 10.7. The van der Waals surface area contributed by atoms with Crippen LogP contribution in [0.1, 0.15) is 29.2 Å². The average Bonchev–Trinajstić information content (AvgIpc) is 3.22. The van der Waals surface area contributed by atoms with Crippen LogP contribution in [0.5, 0.6) is 0 Å². The maximum Gasteiger partial charge on any atom is 0.226 e. The van der Waals surface area contributed by atoms with Gasteiger partial charge in [0.1, 0.15) is 5.82 Å². The number of halogens is 2. The standard InChI is InChI=1S/C20H14BrClN4OS/c1-10-18-14(11-2-5-13(22)6-3-11)9-17(27)24-19(18)26(25-10)20-23-15-7-4-12(21)8-16(15)28-20/h2-8,14H,9H2,1H3,(H,24,27). The fraction of sp³-hybridized carbons (Fsp3) is 0.150. The molecule has 0 spiro atoms. The number of rotatable bonds is 2. The van der Waals surface area contributed by atoms with Crippen molar-refractivity contribution in [2.24, 2.45) is 0 Å². The molecule has 2 aromatic carbocycles. The topological polar surface area (TPSA) is 59.8 Å². The molecule has 5 rings (SSSR count). The zero-order valence-electron chi connectivity index (χ0n) is 14.7. The average molecular weight is 474 g/mol. The molecule has 3 heterocycles. The highest BCUT2D eigenvalue weighted by atomic mass is 79.9. The Labute approximate surface area is 178 Å². The molecule has 1 atom stereocenters. The summed E-state index contributed by atoms with van der Waals surface area (Å²) < 4.78 is 3.82. The Balaban J connectivity index is 1.67. The second-order valence-electron chi connectivity index (χ2n) is 6.72. The van der Waals surface area contributed by atoms with Gasteiger partial charge in [-0.25, -0.2) is 4.98 Å². The molecule has 2 aromatic heterocycles. The zero-order valence-corrected chi connectivity index (χ0v) is 17.9. The van der Waals surface area contributed by atoms with Crippen LogP contribution in [0.2, 0.25) is 5.02 Å². The number of aromatic nitrogens is 3. The molecule has 0 bridgehead atoms. The smallest absolute Gasteiger partial charge is 0.226 e. The molecule has 28 heavy (non-hydrogen) atoms. The number of fused-ring (bicyclic) bond motifs is 2. The molecule has 0 saturated heterocycles. The van der Waals surface area contributed by atoms with Crippen LogP contribution in [0.15, 0.2) is 46.9 Å². The third kappa shape index (κ3) is 2.94. The minimum absolute atomic E-state index is 0.0301. The van der Waals surface area contributed by atoms with Gasteiger partial charge in [-0.05, 0) is 42.8 Å². The van der Waals surface area contributed by atoms with Crippen LogP contribution >= 0.6 is 38.9 Å². The fourth-order valence-corrected chi connectivity index (χ4v) is 5.24. The summed E-state index contributed by atoms with van der Waals surface area (Å²) in [5.74, 6) is 0.613. The molecular weight excluding hydrogens is 460 g/mol. The van der Waals surface area contributed by atoms with Crippen LogP contribution in [0, 0.1) is 6.92 Å². The molecule has 1 amide bonds. The normalized spacial score (nSPS) is 16.2. The molecule has 0 radical (unpaired) electrons. The predicted octanol–water partition coefficient (Wildman–Crippen LogP) is 5.68. The second-order valence-corrected chi connectivity index (χ2v) is 9.09. The number of nitrogens with zero attached hydrogens (tertiary/aromatic N) is 3. The Morgan fingerprint density at radius 2 is 2.04 bits per heavy atom. The Morgan fingerprint density at radius 1 is 1.25 bits per heavy atom. The van der Waals surface area contributed by atoms with Crippen molar-refractivity contribution in [3.05, 3.63) is 68.8 Å². The quantitative estimate of drug-likeness (QED) is 0.407. The van der Waals surface area contributed by atoms with Gasteiger partial charge in [-0.3, -0.25) is 4.79 Å². The van der Waals surface area contributed by atoms with E-state index in [2.05, 4.69) is 21.2 Å². The summed E-state index contributed by atoms with van der Waals surface area (Å²) in [5.41, 5.74) is 3.87. The highest BCUT2D eigenvalue weighted by Crippen LogP contribution is 2.41. The van der Waals surface area contributed by atoms with Crippen LogP contribution in [-0.4, -0.2) is 20.7 Å².